The van der Waals surface area contributed by atoms with Gasteiger partial charge in [0.25, 0.3) is 0 Å². The van der Waals surface area contributed by atoms with Crippen molar-refractivity contribution in [2.24, 2.45) is 5.92 Å². The average molecular weight is 507 g/mol. The third-order valence-corrected chi connectivity index (χ3v) is 8.07. The van der Waals surface area contributed by atoms with Crippen LogP contribution >= 0.6 is 0 Å². The van der Waals surface area contributed by atoms with Crippen LogP contribution in [0.4, 0.5) is 4.39 Å². The van der Waals surface area contributed by atoms with Gasteiger partial charge in [0.2, 0.25) is 5.91 Å². The van der Waals surface area contributed by atoms with Gasteiger partial charge in [0, 0.05) is 30.3 Å². The Morgan fingerprint density at radius 1 is 1.08 bits per heavy atom. The molecule has 1 N–H and O–H groups in total. The first kappa shape index (κ1) is 24.3. The van der Waals surface area contributed by atoms with Crippen LogP contribution in [0.25, 0.3) is 5.69 Å². The van der Waals surface area contributed by atoms with E-state index in [-0.39, 0.29) is 23.7 Å². The lowest BCUT2D eigenvalue weighted by Crippen LogP contribution is -2.31. The number of allylic oxidation sites excluding steroid dienone is 2. The van der Waals surface area contributed by atoms with Gasteiger partial charge in [-0.15, -0.1) is 0 Å². The Labute approximate surface area is 222 Å². The molecule has 2 heterocycles. The number of carbonyl (C=O) groups excluding carboxylic acids is 1. The zero-order chi connectivity index (χ0) is 26.1. The van der Waals surface area contributed by atoms with Crippen molar-refractivity contribution in [1.82, 2.24) is 20.1 Å². The Bertz CT molecular complexity index is 1460. The number of hydrogen-bond acceptors (Lipinski definition) is 3. The van der Waals surface area contributed by atoms with E-state index >= 15 is 0 Å². The van der Waals surface area contributed by atoms with Crippen molar-refractivity contribution in [2.45, 2.75) is 51.0 Å². The Kier molecular flexibility index (Phi) is 6.62. The maximum atomic E-state index is 13.5. The molecular weight excluding hydrogens is 475 g/mol. The Morgan fingerprint density at radius 3 is 2.66 bits per heavy atom. The molecule has 4 aromatic rings. The fourth-order valence-electron chi connectivity index (χ4n) is 6.31. The third kappa shape index (κ3) is 4.78. The molecule has 0 spiro atoms. The lowest BCUT2D eigenvalue weighted by Gasteiger charge is -2.30. The van der Waals surface area contributed by atoms with E-state index in [1.807, 2.05) is 41.2 Å². The standard InChI is InChI=1S/C32H31FN4O/c1-21-28-20-35-37(27-13-11-26(33)12-14-27)30(28)18-25-10-9-24(32(21)25)17-29(23-7-3-2-4-8-23)36-31(38)16-22-6-5-15-34-19-22/h2-8,11-15,19-21,24,29H,9-10,16-18H2,1H3,(H,36,38)/t21-,24+,29?/m0/s1. The van der Waals surface area contributed by atoms with Gasteiger partial charge >= 0.3 is 0 Å². The molecule has 0 radical (unpaired) electrons. The lowest BCUT2D eigenvalue weighted by atomic mass is 9.77. The van der Waals surface area contributed by atoms with Gasteiger partial charge in [-0.3, -0.25) is 9.78 Å². The zero-order valence-corrected chi connectivity index (χ0v) is 21.5. The molecule has 0 saturated carbocycles. The van der Waals surface area contributed by atoms with Crippen LogP contribution in [-0.4, -0.2) is 20.7 Å². The maximum absolute atomic E-state index is 13.5. The highest BCUT2D eigenvalue weighted by Gasteiger charge is 2.37. The van der Waals surface area contributed by atoms with E-state index in [9.17, 15) is 9.18 Å². The summed E-state index contributed by atoms with van der Waals surface area (Å²) in [6, 6.07) is 20.6. The highest BCUT2D eigenvalue weighted by Crippen LogP contribution is 2.49. The number of halogens is 1. The van der Waals surface area contributed by atoms with Crippen LogP contribution in [0.15, 0.2) is 96.5 Å². The first-order valence-corrected chi connectivity index (χ1v) is 13.3. The monoisotopic (exact) mass is 506 g/mol. The van der Waals surface area contributed by atoms with Crippen LogP contribution in [0.3, 0.4) is 0 Å². The van der Waals surface area contributed by atoms with Crippen molar-refractivity contribution in [1.29, 1.82) is 0 Å². The van der Waals surface area contributed by atoms with Crippen molar-refractivity contribution >= 4 is 5.91 Å². The minimum Gasteiger partial charge on any atom is -0.349 e. The summed E-state index contributed by atoms with van der Waals surface area (Å²) in [4.78, 5) is 17.2. The second kappa shape index (κ2) is 10.4. The van der Waals surface area contributed by atoms with Gasteiger partial charge in [-0.2, -0.15) is 5.10 Å². The van der Waals surface area contributed by atoms with Crippen molar-refractivity contribution in [2.75, 3.05) is 0 Å². The molecule has 3 atom stereocenters. The molecule has 2 aliphatic rings. The van der Waals surface area contributed by atoms with Crippen LogP contribution in [0, 0.1) is 11.7 Å². The lowest BCUT2D eigenvalue weighted by molar-refractivity contribution is -0.121. The van der Waals surface area contributed by atoms with E-state index < -0.39 is 0 Å². The molecule has 0 saturated heterocycles. The van der Waals surface area contributed by atoms with Crippen LogP contribution in [0.5, 0.6) is 0 Å². The number of nitrogens with zero attached hydrogens (tertiary/aromatic N) is 3. The number of amides is 1. The molecule has 6 rings (SSSR count). The average Bonchev–Trinajstić information content (AvgIpc) is 3.55. The molecule has 2 aliphatic carbocycles. The van der Waals surface area contributed by atoms with Gasteiger partial charge < -0.3 is 5.32 Å². The number of pyridine rings is 1. The van der Waals surface area contributed by atoms with Gasteiger partial charge in [0.05, 0.1) is 30.0 Å². The Hall–Kier alpha value is -4.06. The van der Waals surface area contributed by atoms with Gasteiger partial charge in [0.1, 0.15) is 5.82 Å². The summed E-state index contributed by atoms with van der Waals surface area (Å²) in [5.74, 6) is 0.426. The molecule has 1 unspecified atom stereocenters. The minimum absolute atomic E-state index is 0.0126. The molecule has 38 heavy (non-hydrogen) atoms. The topological polar surface area (TPSA) is 59.8 Å². The predicted octanol–water partition coefficient (Wildman–Crippen LogP) is 6.26. The third-order valence-electron chi connectivity index (χ3n) is 8.07. The van der Waals surface area contributed by atoms with Crippen molar-refractivity contribution < 1.29 is 9.18 Å². The van der Waals surface area contributed by atoms with Crippen molar-refractivity contribution in [3.8, 4) is 5.69 Å². The van der Waals surface area contributed by atoms with E-state index in [1.54, 1.807) is 24.5 Å². The van der Waals surface area contributed by atoms with Crippen LogP contribution in [0.1, 0.15) is 60.5 Å². The zero-order valence-electron chi connectivity index (χ0n) is 21.5. The van der Waals surface area contributed by atoms with Gasteiger partial charge in [0.15, 0.2) is 0 Å². The molecular formula is C32H31FN4O. The Morgan fingerprint density at radius 2 is 1.89 bits per heavy atom. The molecule has 192 valence electrons. The summed E-state index contributed by atoms with van der Waals surface area (Å²) < 4.78 is 15.5. The number of fused-ring (bicyclic) bond motifs is 1. The number of hydrogen-bond donors (Lipinski definition) is 1. The summed E-state index contributed by atoms with van der Waals surface area (Å²) in [7, 11) is 0. The molecule has 0 bridgehead atoms. The normalized spacial score (nSPS) is 19.1. The molecule has 0 aliphatic heterocycles. The van der Waals surface area contributed by atoms with Gasteiger partial charge in [-0.25, -0.2) is 9.07 Å². The number of benzene rings is 2. The summed E-state index contributed by atoms with van der Waals surface area (Å²) in [6.45, 7) is 2.28. The maximum Gasteiger partial charge on any atom is 0.224 e. The summed E-state index contributed by atoms with van der Waals surface area (Å²) in [6.07, 6.45) is 9.65. The minimum atomic E-state index is -0.243. The van der Waals surface area contributed by atoms with E-state index in [1.165, 1.54) is 34.5 Å². The summed E-state index contributed by atoms with van der Waals surface area (Å²) in [5.41, 5.74) is 8.39. The molecule has 5 nitrogen and oxygen atoms in total. The van der Waals surface area contributed by atoms with E-state index in [2.05, 4.69) is 29.4 Å². The van der Waals surface area contributed by atoms with E-state index in [0.29, 0.717) is 12.3 Å². The number of nitrogens with one attached hydrogen (secondary N) is 1. The first-order chi connectivity index (χ1) is 18.6. The molecule has 1 amide bonds. The summed E-state index contributed by atoms with van der Waals surface area (Å²) >= 11 is 0. The second-order valence-corrected chi connectivity index (χ2v) is 10.4. The van der Waals surface area contributed by atoms with Crippen molar-refractivity contribution in [3.05, 3.63) is 125 Å². The van der Waals surface area contributed by atoms with Crippen LogP contribution < -0.4 is 5.32 Å². The SMILES string of the molecule is C[C@@H]1C2=C(CC[C@@H]2CC(NC(=O)Cc2cccnc2)c2ccccc2)Cc2c1cnn2-c1ccc(F)cc1. The fourth-order valence-corrected chi connectivity index (χ4v) is 6.31. The molecule has 2 aromatic heterocycles. The van der Waals surface area contributed by atoms with Crippen molar-refractivity contribution in [3.63, 3.8) is 0 Å². The van der Waals surface area contributed by atoms with E-state index in [0.717, 1.165) is 42.5 Å². The Balaban J connectivity index is 1.23. The largest absolute Gasteiger partial charge is 0.349 e. The number of carbonyl (C=O) groups is 1. The molecule has 0 fully saturated rings. The second-order valence-electron chi connectivity index (χ2n) is 10.4. The molecule has 2 aromatic carbocycles. The molecule has 6 heteroatoms. The van der Waals surface area contributed by atoms with Crippen LogP contribution in [-0.2, 0) is 17.6 Å². The predicted molar refractivity (Wildman–Crippen MR) is 145 cm³/mol. The first-order valence-electron chi connectivity index (χ1n) is 13.3. The smallest absolute Gasteiger partial charge is 0.224 e. The van der Waals surface area contributed by atoms with Gasteiger partial charge in [-0.1, -0.05) is 54.5 Å². The number of rotatable bonds is 7. The number of aromatic nitrogens is 3. The van der Waals surface area contributed by atoms with Gasteiger partial charge in [-0.05, 0) is 66.6 Å². The van der Waals surface area contributed by atoms with E-state index in [4.69, 9.17) is 5.10 Å². The summed E-state index contributed by atoms with van der Waals surface area (Å²) in [5, 5.41) is 8.03. The highest BCUT2D eigenvalue weighted by molar-refractivity contribution is 5.79. The highest BCUT2D eigenvalue weighted by atomic mass is 19.1. The quantitative estimate of drug-likeness (QED) is 0.301. The van der Waals surface area contributed by atoms with Crippen LogP contribution in [0.2, 0.25) is 0 Å². The fraction of sp³-hybridized carbons (Fsp3) is 0.281.